The minimum absolute atomic E-state index is 0.114. The average molecular weight is 480 g/mol. The molecule has 0 aliphatic carbocycles. The zero-order chi connectivity index (χ0) is 22.5. The second kappa shape index (κ2) is 10.1. The van der Waals surface area contributed by atoms with E-state index in [9.17, 15) is 9.59 Å². The van der Waals surface area contributed by atoms with Gasteiger partial charge in [-0.05, 0) is 30.7 Å². The molecule has 1 fully saturated rings. The molecule has 2 aromatic rings. The van der Waals surface area contributed by atoms with E-state index in [4.69, 9.17) is 26.4 Å². The van der Waals surface area contributed by atoms with Gasteiger partial charge >= 0.3 is 0 Å². The van der Waals surface area contributed by atoms with Gasteiger partial charge in [0.1, 0.15) is 4.32 Å². The molecule has 8 nitrogen and oxygen atoms in total. The van der Waals surface area contributed by atoms with Gasteiger partial charge in [-0.15, -0.1) is 11.3 Å². The van der Waals surface area contributed by atoms with Crippen molar-refractivity contribution < 1.29 is 23.8 Å². The van der Waals surface area contributed by atoms with Crippen molar-refractivity contribution in [3.8, 4) is 17.2 Å². The summed E-state index contributed by atoms with van der Waals surface area (Å²) in [7, 11) is 4.58. The fourth-order valence-corrected chi connectivity index (χ4v) is 4.85. The lowest BCUT2D eigenvalue weighted by molar-refractivity contribution is -0.122. The Morgan fingerprint density at radius 2 is 1.90 bits per heavy atom. The number of aromatic nitrogens is 1. The van der Waals surface area contributed by atoms with E-state index >= 15 is 0 Å². The number of carbonyl (C=O) groups excluding carboxylic acids is 2. The molecule has 1 aromatic heterocycles. The first-order chi connectivity index (χ1) is 14.9. The monoisotopic (exact) mass is 479 g/mol. The molecular formula is C20H21N3O5S3. The summed E-state index contributed by atoms with van der Waals surface area (Å²) in [6.45, 7) is 2.04. The lowest BCUT2D eigenvalue weighted by atomic mass is 10.1. The average Bonchev–Trinajstić information content (AvgIpc) is 3.27. The lowest BCUT2D eigenvalue weighted by Gasteiger charge is -2.14. The third-order valence-electron chi connectivity index (χ3n) is 4.29. The number of nitrogens with zero attached hydrogens (tertiary/aromatic N) is 2. The number of hydrogen-bond donors (Lipinski definition) is 1. The maximum absolute atomic E-state index is 12.8. The Balaban J connectivity index is 1.71. The molecule has 31 heavy (non-hydrogen) atoms. The Morgan fingerprint density at radius 3 is 2.45 bits per heavy atom. The highest BCUT2D eigenvalue weighted by Gasteiger charge is 2.32. The van der Waals surface area contributed by atoms with E-state index in [0.29, 0.717) is 37.2 Å². The predicted molar refractivity (Wildman–Crippen MR) is 126 cm³/mol. The van der Waals surface area contributed by atoms with Crippen LogP contribution in [0.2, 0.25) is 0 Å². The number of thiazole rings is 1. The topological polar surface area (TPSA) is 90.0 Å². The number of carbonyl (C=O) groups is 2. The van der Waals surface area contributed by atoms with Crippen LogP contribution in [0, 0.1) is 6.92 Å². The Morgan fingerprint density at radius 1 is 1.23 bits per heavy atom. The van der Waals surface area contributed by atoms with E-state index in [1.165, 1.54) is 49.3 Å². The lowest BCUT2D eigenvalue weighted by Crippen LogP contribution is -2.31. The number of hydrogen-bond acceptors (Lipinski definition) is 9. The highest BCUT2D eigenvalue weighted by molar-refractivity contribution is 8.26. The second-order valence-corrected chi connectivity index (χ2v) is 8.92. The van der Waals surface area contributed by atoms with Crippen LogP contribution < -0.4 is 19.5 Å². The molecule has 0 spiro atoms. The minimum Gasteiger partial charge on any atom is -0.493 e. The molecule has 1 saturated heterocycles. The predicted octanol–water partition coefficient (Wildman–Crippen LogP) is 3.71. The fraction of sp³-hybridized carbons (Fsp3) is 0.300. The van der Waals surface area contributed by atoms with Crippen molar-refractivity contribution in [2.45, 2.75) is 13.3 Å². The van der Waals surface area contributed by atoms with Crippen molar-refractivity contribution >= 4 is 62.7 Å². The van der Waals surface area contributed by atoms with Gasteiger partial charge in [0.25, 0.3) is 5.91 Å². The van der Waals surface area contributed by atoms with Crippen LogP contribution in [0.25, 0.3) is 6.08 Å². The van der Waals surface area contributed by atoms with Crippen LogP contribution in [0.15, 0.2) is 22.4 Å². The first kappa shape index (κ1) is 23.0. The number of thiocarbonyl (C=S) groups is 1. The molecule has 0 saturated carbocycles. The Hall–Kier alpha value is -2.63. The summed E-state index contributed by atoms with van der Waals surface area (Å²) in [6, 6.07) is 3.49. The summed E-state index contributed by atoms with van der Waals surface area (Å²) in [5.74, 6) is 0.963. The first-order valence-corrected chi connectivity index (χ1v) is 11.2. The highest BCUT2D eigenvalue weighted by Crippen LogP contribution is 2.40. The van der Waals surface area contributed by atoms with Gasteiger partial charge in [-0.3, -0.25) is 14.5 Å². The number of nitrogens with one attached hydrogen (secondary N) is 1. The van der Waals surface area contributed by atoms with E-state index in [1.54, 1.807) is 18.2 Å². The number of benzene rings is 1. The van der Waals surface area contributed by atoms with E-state index < -0.39 is 0 Å². The first-order valence-electron chi connectivity index (χ1n) is 9.13. The number of amides is 2. The van der Waals surface area contributed by atoms with Gasteiger partial charge in [0.15, 0.2) is 16.6 Å². The van der Waals surface area contributed by atoms with Crippen molar-refractivity contribution in [3.63, 3.8) is 0 Å². The third-order valence-corrected chi connectivity index (χ3v) is 6.54. The number of thioether (sulfide) groups is 1. The summed E-state index contributed by atoms with van der Waals surface area (Å²) in [5.41, 5.74) is 1.54. The molecule has 164 valence electrons. The molecule has 0 radical (unpaired) electrons. The summed E-state index contributed by atoms with van der Waals surface area (Å²) >= 11 is 7.89. The van der Waals surface area contributed by atoms with Crippen LogP contribution in [0.1, 0.15) is 17.7 Å². The molecule has 1 aliphatic heterocycles. The quantitative estimate of drug-likeness (QED) is 0.453. The van der Waals surface area contributed by atoms with Crippen molar-refractivity contribution in [2.75, 3.05) is 33.2 Å². The normalized spacial score (nSPS) is 14.8. The number of methoxy groups -OCH3 is 3. The highest BCUT2D eigenvalue weighted by atomic mass is 32.2. The van der Waals surface area contributed by atoms with Crippen molar-refractivity contribution in [2.24, 2.45) is 0 Å². The Bertz CT molecular complexity index is 1030. The minimum atomic E-state index is -0.248. The van der Waals surface area contributed by atoms with E-state index in [-0.39, 0.29) is 24.8 Å². The smallest absolute Gasteiger partial charge is 0.266 e. The van der Waals surface area contributed by atoms with E-state index in [1.807, 2.05) is 12.3 Å². The largest absolute Gasteiger partial charge is 0.493 e. The van der Waals surface area contributed by atoms with Crippen LogP contribution in [0.4, 0.5) is 5.13 Å². The Labute approximate surface area is 193 Å². The number of ether oxygens (including phenoxy) is 3. The van der Waals surface area contributed by atoms with Crippen LogP contribution in [0.3, 0.4) is 0 Å². The molecule has 1 N–H and O–H groups in total. The zero-order valence-corrected chi connectivity index (χ0v) is 19.8. The molecule has 11 heteroatoms. The summed E-state index contributed by atoms with van der Waals surface area (Å²) < 4.78 is 16.4. The van der Waals surface area contributed by atoms with Gasteiger partial charge in [-0.1, -0.05) is 24.0 Å². The van der Waals surface area contributed by atoms with Gasteiger partial charge in [0.05, 0.1) is 31.9 Å². The van der Waals surface area contributed by atoms with Crippen molar-refractivity contribution in [3.05, 3.63) is 33.7 Å². The van der Waals surface area contributed by atoms with Gasteiger partial charge in [0.2, 0.25) is 11.7 Å². The Kier molecular flexibility index (Phi) is 7.52. The van der Waals surface area contributed by atoms with Gasteiger partial charge in [-0.25, -0.2) is 4.98 Å². The molecule has 0 atom stereocenters. The van der Waals surface area contributed by atoms with Gasteiger partial charge in [0, 0.05) is 18.3 Å². The van der Waals surface area contributed by atoms with Crippen LogP contribution >= 0.6 is 35.3 Å². The number of anilines is 1. The third kappa shape index (κ3) is 5.35. The molecule has 1 aromatic carbocycles. The molecule has 2 heterocycles. The number of rotatable bonds is 8. The zero-order valence-electron chi connectivity index (χ0n) is 17.4. The molecule has 1 aliphatic rings. The molecular weight excluding hydrogens is 458 g/mol. The molecule has 0 unspecified atom stereocenters. The standard InChI is InChI=1S/C20H21N3O5S3/c1-11-10-30-19(21-11)22-16(24)5-6-23-18(25)15(31-20(23)29)9-12-7-13(26-2)17(28-4)14(8-12)27-3/h7-10H,5-6H2,1-4H3,(H,21,22,24)/b15-9-. The summed E-state index contributed by atoms with van der Waals surface area (Å²) in [6.07, 6.45) is 1.82. The van der Waals surface area contributed by atoms with Crippen molar-refractivity contribution in [1.82, 2.24) is 9.88 Å². The summed E-state index contributed by atoms with van der Waals surface area (Å²) in [5, 5.41) is 5.12. The molecule has 3 rings (SSSR count). The maximum Gasteiger partial charge on any atom is 0.266 e. The van der Waals surface area contributed by atoms with Crippen LogP contribution in [-0.2, 0) is 9.59 Å². The van der Waals surface area contributed by atoms with E-state index in [2.05, 4.69) is 10.3 Å². The van der Waals surface area contributed by atoms with Gasteiger partial charge < -0.3 is 19.5 Å². The van der Waals surface area contributed by atoms with Crippen molar-refractivity contribution in [1.29, 1.82) is 0 Å². The van der Waals surface area contributed by atoms with Crippen LogP contribution in [-0.4, -0.2) is 53.9 Å². The SMILES string of the molecule is COc1cc(/C=C2\SC(=S)N(CCC(=O)Nc3nc(C)cs3)C2=O)cc(OC)c1OC. The van der Waals surface area contributed by atoms with E-state index in [0.717, 1.165) is 5.69 Å². The fourth-order valence-electron chi connectivity index (χ4n) is 2.84. The second-order valence-electron chi connectivity index (χ2n) is 6.38. The summed E-state index contributed by atoms with van der Waals surface area (Å²) in [4.78, 5) is 31.1. The maximum atomic E-state index is 12.8. The number of aryl methyl sites for hydroxylation is 1. The molecule has 0 bridgehead atoms. The molecule has 2 amide bonds. The van der Waals surface area contributed by atoms with Crippen LogP contribution in [0.5, 0.6) is 17.2 Å². The van der Waals surface area contributed by atoms with Gasteiger partial charge in [-0.2, -0.15) is 0 Å².